The summed E-state index contributed by atoms with van der Waals surface area (Å²) in [6, 6.07) is 0. The molecule has 0 aliphatic heterocycles. The van der Waals surface area contributed by atoms with E-state index in [4.69, 9.17) is 4.74 Å². The molecule has 4 aliphatic rings. The minimum absolute atomic E-state index is 0.201. The van der Waals surface area contributed by atoms with Crippen molar-refractivity contribution in [3.63, 3.8) is 0 Å². The molecule has 0 unspecified atom stereocenters. The van der Waals surface area contributed by atoms with Crippen LogP contribution in [0, 0.1) is 46.3 Å². The zero-order valence-electron chi connectivity index (χ0n) is 21.1. The Bertz CT molecular complexity index is 776. The lowest BCUT2D eigenvalue weighted by Crippen LogP contribution is -2.49. The first-order valence-corrected chi connectivity index (χ1v) is 12.9. The van der Waals surface area contributed by atoms with Gasteiger partial charge in [-0.05, 0) is 78.4 Å². The monoisotopic (exact) mass is 426 g/mol. The summed E-state index contributed by atoms with van der Waals surface area (Å²) in [6.07, 6.45) is 17.7. The highest BCUT2D eigenvalue weighted by atomic mass is 16.6. The van der Waals surface area contributed by atoms with Gasteiger partial charge in [-0.15, -0.1) is 0 Å². The van der Waals surface area contributed by atoms with E-state index in [1.165, 1.54) is 31.3 Å². The summed E-state index contributed by atoms with van der Waals surface area (Å²) in [4.78, 5) is 0. The zero-order valence-corrected chi connectivity index (χ0v) is 21.1. The Balaban J connectivity index is 1.57. The fraction of sp³-hybridized carbons (Fsp3) is 0.793. The number of methoxy groups -OCH3 is 1. The third kappa shape index (κ3) is 3.80. The maximum Gasteiger partial charge on any atom is 0.168 e. The van der Waals surface area contributed by atoms with Crippen LogP contribution in [0.2, 0.25) is 0 Å². The third-order valence-corrected chi connectivity index (χ3v) is 10.5. The molecule has 0 aromatic carbocycles. The number of ether oxygens (including phenoxy) is 1. The number of hydrogen-bond donors (Lipinski definition) is 1. The summed E-state index contributed by atoms with van der Waals surface area (Å²) >= 11 is 0. The molecule has 0 bridgehead atoms. The second-order valence-corrected chi connectivity index (χ2v) is 12.3. The summed E-state index contributed by atoms with van der Waals surface area (Å²) in [5.41, 5.74) is 3.77. The summed E-state index contributed by atoms with van der Waals surface area (Å²) < 4.78 is 5.48. The molecular weight excluding hydrogens is 380 g/mol. The van der Waals surface area contributed by atoms with Gasteiger partial charge < -0.3 is 9.84 Å². The molecule has 0 spiro atoms. The van der Waals surface area contributed by atoms with Crippen LogP contribution in [-0.2, 0) is 4.74 Å². The van der Waals surface area contributed by atoms with E-state index >= 15 is 0 Å². The number of rotatable bonds is 5. The average molecular weight is 427 g/mol. The van der Waals surface area contributed by atoms with Crippen LogP contribution in [0.1, 0.15) is 86.5 Å². The van der Waals surface area contributed by atoms with Gasteiger partial charge >= 0.3 is 0 Å². The van der Waals surface area contributed by atoms with Crippen LogP contribution in [-0.4, -0.2) is 18.0 Å². The van der Waals surface area contributed by atoms with Crippen molar-refractivity contribution in [2.45, 2.75) is 92.3 Å². The van der Waals surface area contributed by atoms with Crippen molar-refractivity contribution >= 4 is 0 Å². The number of aliphatic hydroxyl groups is 1. The van der Waals surface area contributed by atoms with Crippen LogP contribution in [0.15, 0.2) is 35.5 Å². The van der Waals surface area contributed by atoms with E-state index in [1.54, 1.807) is 12.7 Å². The van der Waals surface area contributed by atoms with E-state index in [0.29, 0.717) is 35.5 Å². The molecule has 31 heavy (non-hydrogen) atoms. The van der Waals surface area contributed by atoms with Crippen molar-refractivity contribution in [3.05, 3.63) is 35.5 Å². The van der Waals surface area contributed by atoms with Crippen molar-refractivity contribution in [2.24, 2.45) is 46.3 Å². The first-order valence-electron chi connectivity index (χ1n) is 12.9. The molecule has 0 heterocycles. The first-order chi connectivity index (χ1) is 14.5. The quantitative estimate of drug-likeness (QED) is 0.369. The van der Waals surface area contributed by atoms with Crippen LogP contribution < -0.4 is 0 Å². The van der Waals surface area contributed by atoms with Crippen molar-refractivity contribution in [3.8, 4) is 0 Å². The topological polar surface area (TPSA) is 29.5 Å². The lowest BCUT2D eigenvalue weighted by molar-refractivity contribution is -0.205. The third-order valence-electron chi connectivity index (χ3n) is 10.5. The minimum Gasteiger partial charge on any atom is -0.365 e. The highest BCUT2D eigenvalue weighted by Gasteiger charge is 2.57. The van der Waals surface area contributed by atoms with E-state index in [2.05, 4.69) is 65.8 Å². The number of hydrogen-bond acceptors (Lipinski definition) is 2. The molecule has 0 aromatic heterocycles. The van der Waals surface area contributed by atoms with Crippen molar-refractivity contribution in [1.82, 2.24) is 0 Å². The largest absolute Gasteiger partial charge is 0.365 e. The molecule has 3 saturated carbocycles. The summed E-state index contributed by atoms with van der Waals surface area (Å²) in [5, 5.41) is 10.7. The van der Waals surface area contributed by atoms with Gasteiger partial charge in [0.1, 0.15) is 0 Å². The standard InChI is InChI=1S/C29H46O2/c1-19(2)20(3)8-9-21(4)24-12-13-25-23-11-10-22-18-29(30,31-7)17-16-27(22,5)26(23)14-15-28(24,25)6/h8-11,19-21,24-26,30H,12-18H2,1-7H3/b9-8+/t20-,21+,24+,25-,26-,27-,28+,29+/m0/s1. The molecular formula is C29H46O2. The van der Waals surface area contributed by atoms with Crippen molar-refractivity contribution < 1.29 is 9.84 Å². The predicted molar refractivity (Wildman–Crippen MR) is 129 cm³/mol. The lowest BCUT2D eigenvalue weighted by Gasteiger charge is -2.56. The molecule has 174 valence electrons. The molecule has 0 amide bonds. The van der Waals surface area contributed by atoms with Gasteiger partial charge in [0.15, 0.2) is 5.79 Å². The van der Waals surface area contributed by atoms with Crippen LogP contribution in [0.4, 0.5) is 0 Å². The zero-order chi connectivity index (χ0) is 22.6. The Morgan fingerprint density at radius 3 is 2.39 bits per heavy atom. The smallest absolute Gasteiger partial charge is 0.168 e. The number of allylic oxidation sites excluding steroid dienone is 5. The number of fused-ring (bicyclic) bond motifs is 5. The SMILES string of the molecule is CO[C@]1(O)CC[C@@]2(C)C(=CC=C3[C@@H]4CC[C@H]([C@H](C)/C=C/[C@H](C)C(C)C)[C@@]4(C)CC[C@@H]32)C1. The summed E-state index contributed by atoms with van der Waals surface area (Å²) in [6.45, 7) is 14.5. The van der Waals surface area contributed by atoms with Crippen molar-refractivity contribution in [2.75, 3.05) is 7.11 Å². The Labute approximate surface area is 191 Å². The normalized spacial score (nSPS) is 44.4. The molecule has 3 fully saturated rings. The average Bonchev–Trinajstić information content (AvgIpc) is 3.09. The molecule has 4 aliphatic carbocycles. The summed E-state index contributed by atoms with van der Waals surface area (Å²) in [5.74, 6) is 3.23. The highest BCUT2D eigenvalue weighted by molar-refractivity contribution is 5.39. The van der Waals surface area contributed by atoms with Gasteiger partial charge in [-0.3, -0.25) is 0 Å². The fourth-order valence-electron chi connectivity index (χ4n) is 7.75. The summed E-state index contributed by atoms with van der Waals surface area (Å²) in [7, 11) is 1.65. The Morgan fingerprint density at radius 1 is 0.968 bits per heavy atom. The van der Waals surface area contributed by atoms with Crippen LogP contribution >= 0.6 is 0 Å². The van der Waals surface area contributed by atoms with Gasteiger partial charge in [-0.25, -0.2) is 0 Å². The molecule has 2 nitrogen and oxygen atoms in total. The second-order valence-electron chi connectivity index (χ2n) is 12.3. The van der Waals surface area contributed by atoms with E-state index < -0.39 is 5.79 Å². The fourth-order valence-corrected chi connectivity index (χ4v) is 7.75. The van der Waals surface area contributed by atoms with Gasteiger partial charge in [0, 0.05) is 20.0 Å². The lowest BCUT2D eigenvalue weighted by atomic mass is 9.50. The molecule has 1 N–H and O–H groups in total. The Kier molecular flexibility index (Phi) is 6.14. The van der Waals surface area contributed by atoms with Gasteiger partial charge in [0.05, 0.1) is 0 Å². The maximum atomic E-state index is 10.7. The molecule has 0 saturated heterocycles. The van der Waals surface area contributed by atoms with Gasteiger partial charge in [-0.2, -0.15) is 0 Å². The minimum atomic E-state index is -0.965. The predicted octanol–water partition coefficient (Wildman–Crippen LogP) is 7.30. The second kappa shape index (κ2) is 8.17. The van der Waals surface area contributed by atoms with Crippen LogP contribution in [0.3, 0.4) is 0 Å². The van der Waals surface area contributed by atoms with Gasteiger partial charge in [0.25, 0.3) is 0 Å². The van der Waals surface area contributed by atoms with Crippen LogP contribution in [0.5, 0.6) is 0 Å². The Hall–Kier alpha value is -0.860. The van der Waals surface area contributed by atoms with E-state index in [9.17, 15) is 5.11 Å². The molecule has 0 aromatic rings. The molecule has 0 radical (unpaired) electrons. The maximum absolute atomic E-state index is 10.7. The first kappa shape index (κ1) is 23.3. The molecule has 8 atom stereocenters. The van der Waals surface area contributed by atoms with E-state index in [0.717, 1.165) is 24.7 Å². The van der Waals surface area contributed by atoms with E-state index in [1.807, 2.05) is 0 Å². The molecule has 4 rings (SSSR count). The van der Waals surface area contributed by atoms with E-state index in [-0.39, 0.29) is 5.41 Å². The van der Waals surface area contributed by atoms with Gasteiger partial charge in [-0.1, -0.05) is 77.0 Å². The van der Waals surface area contributed by atoms with Gasteiger partial charge in [0.2, 0.25) is 0 Å². The molecule has 2 heteroatoms. The Morgan fingerprint density at radius 2 is 1.71 bits per heavy atom. The van der Waals surface area contributed by atoms with Crippen LogP contribution in [0.25, 0.3) is 0 Å². The highest BCUT2D eigenvalue weighted by Crippen LogP contribution is 2.66. The van der Waals surface area contributed by atoms with Crippen molar-refractivity contribution in [1.29, 1.82) is 0 Å².